The Morgan fingerprint density at radius 3 is 2.10 bits per heavy atom. The van der Waals surface area contributed by atoms with Crippen LogP contribution in [0.1, 0.15) is 17.0 Å². The molecule has 0 saturated carbocycles. The molecule has 0 aliphatic rings. The number of hydrogen-bond acceptors (Lipinski definition) is 4. The second kappa shape index (κ2) is 8.30. The minimum atomic E-state index is -3.82. The minimum absolute atomic E-state index is 0.0191. The lowest BCUT2D eigenvalue weighted by Crippen LogP contribution is -2.29. The van der Waals surface area contributed by atoms with Crippen LogP contribution in [0.25, 0.3) is 10.9 Å². The third kappa shape index (κ3) is 4.56. The maximum absolute atomic E-state index is 12.9. The first-order valence-electron chi connectivity index (χ1n) is 9.66. The largest absolute Gasteiger partial charge is 0.361 e. The van der Waals surface area contributed by atoms with Crippen molar-refractivity contribution in [3.05, 3.63) is 96.2 Å². The lowest BCUT2D eigenvalue weighted by molar-refractivity contribution is 0.577. The summed E-state index contributed by atoms with van der Waals surface area (Å²) in [5, 5.41) is 1.04. The van der Waals surface area contributed by atoms with Crippen molar-refractivity contribution in [1.82, 2.24) is 9.71 Å². The van der Waals surface area contributed by atoms with Gasteiger partial charge in [-0.15, -0.1) is 0 Å². The number of para-hydroxylation sites is 1. The Balaban J connectivity index is 1.65. The van der Waals surface area contributed by atoms with Crippen LogP contribution in [0.5, 0.6) is 0 Å². The van der Waals surface area contributed by atoms with Gasteiger partial charge in [0.1, 0.15) is 0 Å². The highest BCUT2D eigenvalue weighted by atomic mass is 32.2. The van der Waals surface area contributed by atoms with Gasteiger partial charge in [0, 0.05) is 35.8 Å². The molecule has 1 unspecified atom stereocenters. The maximum Gasteiger partial charge on any atom is 0.240 e. The van der Waals surface area contributed by atoms with Crippen molar-refractivity contribution in [2.45, 2.75) is 15.7 Å². The summed E-state index contributed by atoms with van der Waals surface area (Å²) >= 11 is 0. The van der Waals surface area contributed by atoms with Crippen molar-refractivity contribution in [3.8, 4) is 0 Å². The highest BCUT2D eigenvalue weighted by Crippen LogP contribution is 2.30. The second-order valence-corrected chi connectivity index (χ2v) is 11.1. The van der Waals surface area contributed by atoms with Gasteiger partial charge >= 0.3 is 0 Å². The van der Waals surface area contributed by atoms with Crippen molar-refractivity contribution < 1.29 is 16.8 Å². The molecule has 0 aliphatic heterocycles. The fourth-order valence-corrected chi connectivity index (χ4v) is 5.29. The van der Waals surface area contributed by atoms with Crippen LogP contribution < -0.4 is 4.72 Å². The molecule has 160 valence electrons. The topological polar surface area (TPSA) is 96.1 Å². The van der Waals surface area contributed by atoms with Crippen molar-refractivity contribution >= 4 is 30.8 Å². The Morgan fingerprint density at radius 1 is 0.806 bits per heavy atom. The number of sulfone groups is 1. The number of aromatic nitrogens is 1. The summed E-state index contributed by atoms with van der Waals surface area (Å²) in [5.41, 5.74) is 2.97. The SMILES string of the molecule is CS(=O)(=O)c1ccc(S(=O)(=O)NCC(c2ccccc2)c2c[nH]c3ccccc23)cc1. The van der Waals surface area contributed by atoms with E-state index in [-0.39, 0.29) is 22.3 Å². The Bertz CT molecular complexity index is 1410. The quantitative estimate of drug-likeness (QED) is 0.445. The number of aromatic amines is 1. The van der Waals surface area contributed by atoms with Gasteiger partial charge in [-0.05, 0) is 41.5 Å². The average molecular weight is 455 g/mol. The molecule has 0 saturated heterocycles. The van der Waals surface area contributed by atoms with E-state index in [0.29, 0.717) is 0 Å². The molecule has 6 nitrogen and oxygen atoms in total. The van der Waals surface area contributed by atoms with E-state index in [1.165, 1.54) is 24.3 Å². The fourth-order valence-electron chi connectivity index (χ4n) is 3.62. The number of rotatable bonds is 7. The van der Waals surface area contributed by atoms with Gasteiger partial charge in [-0.2, -0.15) is 0 Å². The summed E-state index contributed by atoms with van der Waals surface area (Å²) < 4.78 is 51.8. The number of nitrogens with one attached hydrogen (secondary N) is 2. The van der Waals surface area contributed by atoms with Crippen molar-refractivity contribution in [2.75, 3.05) is 12.8 Å². The van der Waals surface area contributed by atoms with E-state index in [1.807, 2.05) is 60.8 Å². The van der Waals surface area contributed by atoms with Crippen molar-refractivity contribution in [2.24, 2.45) is 0 Å². The zero-order chi connectivity index (χ0) is 22.1. The predicted octanol–water partition coefficient (Wildman–Crippen LogP) is 3.68. The van der Waals surface area contributed by atoms with Crippen LogP contribution in [0.3, 0.4) is 0 Å². The van der Waals surface area contributed by atoms with E-state index in [4.69, 9.17) is 0 Å². The molecule has 31 heavy (non-hydrogen) atoms. The van der Waals surface area contributed by atoms with Crippen LogP contribution in [-0.2, 0) is 19.9 Å². The summed E-state index contributed by atoms with van der Waals surface area (Å²) in [5.74, 6) is -0.206. The van der Waals surface area contributed by atoms with Crippen LogP contribution in [0.4, 0.5) is 0 Å². The van der Waals surface area contributed by atoms with Crippen molar-refractivity contribution in [3.63, 3.8) is 0 Å². The molecular formula is C23H22N2O4S2. The van der Waals surface area contributed by atoms with Crippen molar-refractivity contribution in [1.29, 1.82) is 0 Å². The molecule has 2 N–H and O–H groups in total. The Kier molecular flexibility index (Phi) is 5.70. The first kappa shape index (κ1) is 21.3. The van der Waals surface area contributed by atoms with Crippen LogP contribution in [0.2, 0.25) is 0 Å². The van der Waals surface area contributed by atoms with Crippen LogP contribution in [0.15, 0.2) is 94.9 Å². The van der Waals surface area contributed by atoms with Gasteiger partial charge in [-0.1, -0.05) is 48.5 Å². The van der Waals surface area contributed by atoms with Gasteiger partial charge < -0.3 is 4.98 Å². The number of hydrogen-bond donors (Lipinski definition) is 2. The first-order valence-corrected chi connectivity index (χ1v) is 13.0. The number of H-pyrrole nitrogens is 1. The number of sulfonamides is 1. The third-order valence-electron chi connectivity index (χ3n) is 5.24. The molecular weight excluding hydrogens is 432 g/mol. The number of fused-ring (bicyclic) bond motifs is 1. The molecule has 0 radical (unpaired) electrons. The summed E-state index contributed by atoms with van der Waals surface area (Å²) in [4.78, 5) is 3.35. The zero-order valence-electron chi connectivity index (χ0n) is 16.8. The van der Waals surface area contributed by atoms with E-state index < -0.39 is 19.9 Å². The van der Waals surface area contributed by atoms with E-state index >= 15 is 0 Å². The van der Waals surface area contributed by atoms with E-state index in [9.17, 15) is 16.8 Å². The Morgan fingerprint density at radius 2 is 1.42 bits per heavy atom. The predicted molar refractivity (Wildman–Crippen MR) is 121 cm³/mol. The van der Waals surface area contributed by atoms with E-state index in [0.717, 1.165) is 28.3 Å². The fraction of sp³-hybridized carbons (Fsp3) is 0.130. The third-order valence-corrected chi connectivity index (χ3v) is 7.81. The number of benzene rings is 3. The highest BCUT2D eigenvalue weighted by Gasteiger charge is 2.22. The van der Waals surface area contributed by atoms with Gasteiger partial charge in [-0.3, -0.25) is 0 Å². The second-order valence-electron chi connectivity index (χ2n) is 7.35. The van der Waals surface area contributed by atoms with Crippen LogP contribution in [0, 0.1) is 0 Å². The van der Waals surface area contributed by atoms with Gasteiger partial charge in [0.2, 0.25) is 10.0 Å². The zero-order valence-corrected chi connectivity index (χ0v) is 18.4. The Hall–Kier alpha value is -2.94. The molecule has 4 rings (SSSR count). The van der Waals surface area contributed by atoms with E-state index in [1.54, 1.807) is 0 Å². The first-order chi connectivity index (χ1) is 14.8. The molecule has 1 atom stereocenters. The van der Waals surface area contributed by atoms with Crippen LogP contribution >= 0.6 is 0 Å². The van der Waals surface area contributed by atoms with E-state index in [2.05, 4.69) is 9.71 Å². The molecule has 3 aromatic carbocycles. The monoisotopic (exact) mass is 454 g/mol. The standard InChI is InChI=1S/C23H22N2O4S2/c1-30(26,27)18-11-13-19(14-12-18)31(28,29)25-16-21(17-7-3-2-4-8-17)22-15-24-23-10-6-5-9-20(22)23/h2-15,21,24-25H,16H2,1H3. The lowest BCUT2D eigenvalue weighted by atomic mass is 9.91. The lowest BCUT2D eigenvalue weighted by Gasteiger charge is -2.18. The summed E-state index contributed by atoms with van der Waals surface area (Å²) in [7, 11) is -7.22. The smallest absolute Gasteiger partial charge is 0.240 e. The molecule has 1 aromatic heterocycles. The molecule has 1 heterocycles. The van der Waals surface area contributed by atoms with Gasteiger partial charge in [-0.25, -0.2) is 21.6 Å². The molecule has 0 fully saturated rings. The molecule has 4 aromatic rings. The maximum atomic E-state index is 12.9. The molecule has 0 amide bonds. The minimum Gasteiger partial charge on any atom is -0.361 e. The summed E-state index contributed by atoms with van der Waals surface area (Å²) in [6, 6.07) is 22.8. The van der Waals surface area contributed by atoms with Gasteiger partial charge in [0.05, 0.1) is 9.79 Å². The molecule has 0 spiro atoms. The van der Waals surface area contributed by atoms with Gasteiger partial charge in [0.15, 0.2) is 9.84 Å². The molecule has 0 aliphatic carbocycles. The summed E-state index contributed by atoms with van der Waals surface area (Å²) in [6.45, 7) is 0.155. The molecule has 8 heteroatoms. The highest BCUT2D eigenvalue weighted by molar-refractivity contribution is 7.90. The summed E-state index contributed by atoms with van der Waals surface area (Å²) in [6.07, 6.45) is 3.00. The average Bonchev–Trinajstić information content (AvgIpc) is 3.18. The molecule has 0 bridgehead atoms. The normalized spacial score (nSPS) is 13.3. The Labute approximate surface area is 181 Å². The van der Waals surface area contributed by atoms with Crippen LogP contribution in [-0.4, -0.2) is 34.6 Å². The van der Waals surface area contributed by atoms with Gasteiger partial charge in [0.25, 0.3) is 0 Å².